The van der Waals surface area contributed by atoms with Gasteiger partial charge in [0.15, 0.2) is 11.5 Å². The van der Waals surface area contributed by atoms with Crippen LogP contribution in [0, 0.1) is 11.3 Å². The Morgan fingerprint density at radius 2 is 2.07 bits per heavy atom. The molecule has 0 bridgehead atoms. The molecule has 1 aromatic heterocycles. The predicted octanol–water partition coefficient (Wildman–Crippen LogP) is 1.62. The number of hydrogen-bond acceptors (Lipinski definition) is 7. The van der Waals surface area contributed by atoms with Crippen LogP contribution in [0.15, 0.2) is 36.7 Å². The number of nitrogens with zero attached hydrogens (tertiary/aromatic N) is 4. The summed E-state index contributed by atoms with van der Waals surface area (Å²) in [5, 5.41) is 15.1. The van der Waals surface area contributed by atoms with Gasteiger partial charge in [-0.25, -0.2) is 9.97 Å². The zero-order valence-corrected chi connectivity index (χ0v) is 15.0. The number of nitriles is 1. The first-order valence-corrected chi connectivity index (χ1v) is 8.88. The zero-order valence-electron chi connectivity index (χ0n) is 15.0. The van der Waals surface area contributed by atoms with Gasteiger partial charge in [0.05, 0.1) is 13.2 Å². The van der Waals surface area contributed by atoms with Gasteiger partial charge in [-0.15, -0.1) is 0 Å². The van der Waals surface area contributed by atoms with Gasteiger partial charge in [-0.2, -0.15) is 5.26 Å². The molecule has 2 aromatic rings. The van der Waals surface area contributed by atoms with E-state index in [2.05, 4.69) is 25.5 Å². The van der Waals surface area contributed by atoms with Crippen molar-refractivity contribution in [1.82, 2.24) is 14.9 Å². The number of carbonyl (C=O) groups excluding carboxylic acids is 1. The summed E-state index contributed by atoms with van der Waals surface area (Å²) in [6.45, 7) is 4.43. The van der Waals surface area contributed by atoms with Crippen molar-refractivity contribution in [1.29, 1.82) is 5.26 Å². The van der Waals surface area contributed by atoms with E-state index in [1.54, 1.807) is 0 Å². The minimum absolute atomic E-state index is 0.00714. The summed E-state index contributed by atoms with van der Waals surface area (Å²) in [6, 6.07) is 9.60. The maximum absolute atomic E-state index is 12.2. The van der Waals surface area contributed by atoms with Gasteiger partial charge in [0.2, 0.25) is 5.91 Å². The molecule has 2 heterocycles. The Morgan fingerprint density at radius 1 is 1.26 bits per heavy atom. The molecule has 0 aliphatic carbocycles. The summed E-state index contributed by atoms with van der Waals surface area (Å²) < 4.78 is 5.31. The number of morpholine rings is 1. The lowest BCUT2D eigenvalue weighted by Crippen LogP contribution is -2.38. The van der Waals surface area contributed by atoms with E-state index in [4.69, 9.17) is 10.00 Å². The van der Waals surface area contributed by atoms with Gasteiger partial charge in [-0.3, -0.25) is 9.69 Å². The van der Waals surface area contributed by atoms with Gasteiger partial charge in [-0.1, -0.05) is 12.1 Å². The van der Waals surface area contributed by atoms with Crippen molar-refractivity contribution in [3.63, 3.8) is 0 Å². The Hall–Kier alpha value is -3.02. The van der Waals surface area contributed by atoms with E-state index in [9.17, 15) is 4.79 Å². The summed E-state index contributed by atoms with van der Waals surface area (Å²) in [6.07, 6.45) is 3.47. The highest BCUT2D eigenvalue weighted by molar-refractivity contribution is 5.90. The molecule has 140 valence electrons. The highest BCUT2D eigenvalue weighted by Gasteiger charge is 2.12. The number of rotatable bonds is 7. The largest absolute Gasteiger partial charge is 0.379 e. The maximum atomic E-state index is 12.2. The van der Waals surface area contributed by atoms with Crippen molar-refractivity contribution in [3.05, 3.63) is 47.9 Å². The Kier molecular flexibility index (Phi) is 6.68. The molecule has 27 heavy (non-hydrogen) atoms. The molecule has 3 rings (SSSR count). The van der Waals surface area contributed by atoms with Gasteiger partial charge in [-0.05, 0) is 17.7 Å². The van der Waals surface area contributed by atoms with Gasteiger partial charge in [0, 0.05) is 50.7 Å². The predicted molar refractivity (Wildman–Crippen MR) is 101 cm³/mol. The third kappa shape index (κ3) is 5.74. The molecule has 0 unspecified atom stereocenters. The molecule has 0 spiro atoms. The van der Waals surface area contributed by atoms with E-state index in [0.717, 1.165) is 44.1 Å². The van der Waals surface area contributed by atoms with Gasteiger partial charge in [0.25, 0.3) is 0 Å². The molecule has 0 saturated carbocycles. The quantitative estimate of drug-likeness (QED) is 0.767. The van der Waals surface area contributed by atoms with Crippen LogP contribution < -0.4 is 10.6 Å². The Labute approximate surface area is 158 Å². The molecule has 1 aliphatic rings. The molecule has 1 aliphatic heterocycles. The minimum atomic E-state index is -0.00714. The number of nitrogens with one attached hydrogen (secondary N) is 2. The second-order valence-corrected chi connectivity index (χ2v) is 6.17. The van der Waals surface area contributed by atoms with Crippen LogP contribution in [-0.2, 0) is 16.1 Å². The molecule has 8 nitrogen and oxygen atoms in total. The molecule has 0 atom stereocenters. The number of ether oxygens (including phenoxy) is 1. The average molecular weight is 366 g/mol. The molecule has 1 aromatic carbocycles. The standard InChI is InChI=1S/C19H22N6O2/c20-13-17-19(22-6-5-21-17)23-14-15-2-1-3-16(12-15)24-18(26)4-7-25-8-10-27-11-9-25/h1-3,5-6,12H,4,7-11,14H2,(H,22,23)(H,24,26). The zero-order chi connectivity index (χ0) is 18.9. The van der Waals surface area contributed by atoms with Gasteiger partial charge < -0.3 is 15.4 Å². The Morgan fingerprint density at radius 3 is 2.89 bits per heavy atom. The lowest BCUT2D eigenvalue weighted by Gasteiger charge is -2.26. The van der Waals surface area contributed by atoms with E-state index in [1.807, 2.05) is 30.3 Å². The van der Waals surface area contributed by atoms with Crippen molar-refractivity contribution in [3.8, 4) is 6.07 Å². The lowest BCUT2D eigenvalue weighted by atomic mass is 10.2. The summed E-state index contributed by atoms with van der Waals surface area (Å²) in [5.74, 6) is 0.437. The van der Waals surface area contributed by atoms with E-state index in [-0.39, 0.29) is 11.6 Å². The smallest absolute Gasteiger partial charge is 0.225 e. The summed E-state index contributed by atoms with van der Waals surface area (Å²) in [7, 11) is 0. The van der Waals surface area contributed by atoms with Crippen molar-refractivity contribution in [2.45, 2.75) is 13.0 Å². The first kappa shape index (κ1) is 18.8. The van der Waals surface area contributed by atoms with Crippen LogP contribution in [0.2, 0.25) is 0 Å². The summed E-state index contributed by atoms with van der Waals surface area (Å²) in [4.78, 5) is 22.5. The molecule has 0 radical (unpaired) electrons. The van der Waals surface area contributed by atoms with E-state index < -0.39 is 0 Å². The normalized spacial score (nSPS) is 14.3. The minimum Gasteiger partial charge on any atom is -0.379 e. The topological polar surface area (TPSA) is 103 Å². The number of hydrogen-bond donors (Lipinski definition) is 2. The fourth-order valence-electron chi connectivity index (χ4n) is 2.80. The van der Waals surface area contributed by atoms with E-state index in [1.165, 1.54) is 12.4 Å². The molecule has 1 fully saturated rings. The fraction of sp³-hybridized carbons (Fsp3) is 0.368. The molecular weight excluding hydrogens is 344 g/mol. The fourth-order valence-corrected chi connectivity index (χ4v) is 2.80. The number of carbonyl (C=O) groups is 1. The monoisotopic (exact) mass is 366 g/mol. The second kappa shape index (κ2) is 9.62. The first-order valence-electron chi connectivity index (χ1n) is 8.88. The molecule has 1 amide bonds. The highest BCUT2D eigenvalue weighted by Crippen LogP contribution is 2.14. The summed E-state index contributed by atoms with van der Waals surface area (Å²) in [5.41, 5.74) is 1.97. The van der Waals surface area contributed by atoms with Crippen LogP contribution in [0.1, 0.15) is 17.7 Å². The van der Waals surface area contributed by atoms with Crippen LogP contribution in [0.3, 0.4) is 0 Å². The third-order valence-electron chi connectivity index (χ3n) is 4.23. The number of amides is 1. The highest BCUT2D eigenvalue weighted by atomic mass is 16.5. The third-order valence-corrected chi connectivity index (χ3v) is 4.23. The van der Waals surface area contributed by atoms with Crippen LogP contribution in [0.25, 0.3) is 0 Å². The van der Waals surface area contributed by atoms with Gasteiger partial charge in [0.1, 0.15) is 6.07 Å². The molecule has 1 saturated heterocycles. The van der Waals surface area contributed by atoms with Crippen molar-refractivity contribution < 1.29 is 9.53 Å². The van der Waals surface area contributed by atoms with Crippen molar-refractivity contribution >= 4 is 17.4 Å². The lowest BCUT2D eigenvalue weighted by molar-refractivity contribution is -0.116. The van der Waals surface area contributed by atoms with Crippen molar-refractivity contribution in [2.75, 3.05) is 43.5 Å². The summed E-state index contributed by atoms with van der Waals surface area (Å²) >= 11 is 0. The Bertz CT molecular complexity index is 814. The van der Waals surface area contributed by atoms with Crippen LogP contribution in [0.5, 0.6) is 0 Å². The molecule has 2 N–H and O–H groups in total. The first-order chi connectivity index (χ1) is 13.2. The molecule has 8 heteroatoms. The SMILES string of the molecule is N#Cc1nccnc1NCc1cccc(NC(=O)CCN2CCOCC2)c1. The number of anilines is 2. The van der Waals surface area contributed by atoms with Gasteiger partial charge >= 0.3 is 0 Å². The van der Waals surface area contributed by atoms with Crippen LogP contribution in [-0.4, -0.2) is 53.6 Å². The number of aromatic nitrogens is 2. The molecular formula is C19H22N6O2. The van der Waals surface area contributed by atoms with Crippen molar-refractivity contribution in [2.24, 2.45) is 0 Å². The Balaban J connectivity index is 1.50. The van der Waals surface area contributed by atoms with E-state index >= 15 is 0 Å². The van der Waals surface area contributed by atoms with Crippen LogP contribution in [0.4, 0.5) is 11.5 Å². The van der Waals surface area contributed by atoms with E-state index in [0.29, 0.717) is 18.8 Å². The maximum Gasteiger partial charge on any atom is 0.225 e. The second-order valence-electron chi connectivity index (χ2n) is 6.17. The average Bonchev–Trinajstić information content (AvgIpc) is 2.72. The van der Waals surface area contributed by atoms with Crippen LogP contribution >= 0.6 is 0 Å². The number of benzene rings is 1.